The highest BCUT2D eigenvalue weighted by Gasteiger charge is 2.34. The topological polar surface area (TPSA) is 197 Å². The number of carbonyl (C=O) groups excluding carboxylic acids is 1. The number of carboxylic acid groups (broad SMARTS) is 1. The molecule has 17 heteroatoms. The summed E-state index contributed by atoms with van der Waals surface area (Å²) in [6.45, 7) is 7.39. The Hall–Kier alpha value is -3.97. The fourth-order valence-corrected chi connectivity index (χ4v) is 7.32. The molecule has 0 bridgehead atoms. The number of thiazole rings is 1. The molecule has 0 radical (unpaired) electrons. The Balaban J connectivity index is 1.01. The minimum Gasteiger partial charge on any atom is -0.490 e. The molecule has 2 aromatic carbocycles. The van der Waals surface area contributed by atoms with Crippen LogP contribution in [0.15, 0.2) is 53.0 Å². The van der Waals surface area contributed by atoms with Crippen LogP contribution in [0, 0.1) is 0 Å². The van der Waals surface area contributed by atoms with Crippen LogP contribution in [0.25, 0.3) is 21.1 Å². The number of sulfone groups is 1. The second-order valence-electron chi connectivity index (χ2n) is 13.0. The lowest BCUT2D eigenvalue weighted by Gasteiger charge is -2.22. The first-order valence-corrected chi connectivity index (χ1v) is 19.3. The number of nitrogens with zero attached hydrogens (tertiary/aromatic N) is 2. The number of benzene rings is 2. The molecule has 3 heterocycles. The van der Waals surface area contributed by atoms with Gasteiger partial charge in [0.25, 0.3) is 0 Å². The van der Waals surface area contributed by atoms with Gasteiger partial charge in [0, 0.05) is 41.6 Å². The maximum absolute atomic E-state index is 13.7. The van der Waals surface area contributed by atoms with Crippen LogP contribution in [-0.2, 0) is 38.4 Å². The van der Waals surface area contributed by atoms with Crippen molar-refractivity contribution in [1.82, 2.24) is 20.6 Å². The second kappa shape index (κ2) is 18.2. The minimum absolute atomic E-state index is 0.0767. The molecule has 282 valence electrons. The van der Waals surface area contributed by atoms with E-state index in [4.69, 9.17) is 28.8 Å². The van der Waals surface area contributed by atoms with E-state index in [1.807, 2.05) is 18.2 Å². The van der Waals surface area contributed by atoms with Crippen molar-refractivity contribution < 1.29 is 46.8 Å². The number of pyridine rings is 1. The summed E-state index contributed by atoms with van der Waals surface area (Å²) in [4.78, 5) is 31.9. The summed E-state index contributed by atoms with van der Waals surface area (Å²) in [5.74, 6) is -1.03. The van der Waals surface area contributed by atoms with E-state index in [1.165, 1.54) is 0 Å². The Morgan fingerprint density at radius 2 is 1.62 bits per heavy atom. The van der Waals surface area contributed by atoms with Crippen LogP contribution in [0.2, 0.25) is 0 Å². The second-order valence-corrected chi connectivity index (χ2v) is 16.5. The third kappa shape index (κ3) is 10.6. The summed E-state index contributed by atoms with van der Waals surface area (Å²) < 4.78 is 55.3. The number of hydrogen-bond donors (Lipinski definition) is 4. The summed E-state index contributed by atoms with van der Waals surface area (Å²) in [6.07, 6.45) is 2.00. The number of fused-ring (bicyclic) bond motifs is 2. The molecule has 1 amide bonds. The van der Waals surface area contributed by atoms with Gasteiger partial charge in [-0.25, -0.2) is 13.4 Å². The maximum atomic E-state index is 13.7. The molecule has 1 fully saturated rings. The van der Waals surface area contributed by atoms with Crippen molar-refractivity contribution in [2.24, 2.45) is 0 Å². The van der Waals surface area contributed by atoms with Crippen molar-refractivity contribution in [3.8, 4) is 5.75 Å². The van der Waals surface area contributed by atoms with Gasteiger partial charge in [0.2, 0.25) is 5.91 Å². The number of hydrogen-bond acceptors (Lipinski definition) is 14. The first-order valence-electron chi connectivity index (χ1n) is 16.9. The first-order chi connectivity index (χ1) is 24.9. The smallest absolute Gasteiger partial charge is 0.320 e. The standard InChI is InChI=1S/C35H45N5O10S2/c1-35(2,3)52(44,45)32-18-25-26(39-23-4-5-31-28(16-23)38-22-51-31)6-7-36-27(25)19-30(32)50-15-14-48-11-10-46-8-9-47-12-13-49-21-33(41)40-24-17-29(34(42)43)37-20-24/h4-7,16,18-19,22,24,29,37H,8-15,17,20-21H2,1-3H3,(H,36,39)(H,40,41)(H,42,43). The molecule has 0 aliphatic carbocycles. The van der Waals surface area contributed by atoms with Gasteiger partial charge >= 0.3 is 5.97 Å². The van der Waals surface area contributed by atoms with Crippen LogP contribution in [0.5, 0.6) is 5.75 Å². The van der Waals surface area contributed by atoms with E-state index < -0.39 is 26.6 Å². The van der Waals surface area contributed by atoms with Gasteiger partial charge < -0.3 is 44.7 Å². The summed E-state index contributed by atoms with van der Waals surface area (Å²) in [5, 5.41) is 18.6. The van der Waals surface area contributed by atoms with E-state index in [0.717, 1.165) is 15.9 Å². The summed E-state index contributed by atoms with van der Waals surface area (Å²) in [5.41, 5.74) is 4.77. The molecule has 2 unspecified atom stereocenters. The highest BCUT2D eigenvalue weighted by Crippen LogP contribution is 2.38. The van der Waals surface area contributed by atoms with E-state index >= 15 is 0 Å². The van der Waals surface area contributed by atoms with E-state index in [-0.39, 0.29) is 55.6 Å². The van der Waals surface area contributed by atoms with Gasteiger partial charge in [-0.05, 0) is 57.5 Å². The molecule has 52 heavy (non-hydrogen) atoms. The zero-order valence-corrected chi connectivity index (χ0v) is 31.0. The molecule has 1 saturated heterocycles. The molecule has 2 aromatic heterocycles. The number of rotatable bonds is 20. The summed E-state index contributed by atoms with van der Waals surface area (Å²) >= 11 is 1.56. The number of amides is 1. The summed E-state index contributed by atoms with van der Waals surface area (Å²) in [6, 6.07) is 10.1. The fraction of sp³-hybridized carbons (Fsp3) is 0.486. The molecule has 1 aliphatic rings. The predicted octanol–water partition coefficient (Wildman–Crippen LogP) is 3.54. The van der Waals surface area contributed by atoms with E-state index in [0.29, 0.717) is 56.0 Å². The minimum atomic E-state index is -3.80. The van der Waals surface area contributed by atoms with Crippen molar-refractivity contribution in [1.29, 1.82) is 0 Å². The quantitative estimate of drug-likeness (QED) is 0.0956. The van der Waals surface area contributed by atoms with Crippen LogP contribution in [0.1, 0.15) is 27.2 Å². The van der Waals surface area contributed by atoms with Crippen LogP contribution >= 0.6 is 11.3 Å². The third-order valence-electron chi connectivity index (χ3n) is 8.14. The van der Waals surface area contributed by atoms with Crippen molar-refractivity contribution in [3.05, 3.63) is 48.1 Å². The number of aromatic nitrogens is 2. The Morgan fingerprint density at radius 1 is 0.923 bits per heavy atom. The number of aliphatic carboxylic acids is 1. The molecule has 5 rings (SSSR count). The molecule has 0 spiro atoms. The van der Waals surface area contributed by atoms with E-state index in [9.17, 15) is 18.0 Å². The van der Waals surface area contributed by atoms with Gasteiger partial charge in [-0.1, -0.05) is 0 Å². The van der Waals surface area contributed by atoms with Gasteiger partial charge in [0.15, 0.2) is 9.84 Å². The van der Waals surface area contributed by atoms with Crippen LogP contribution in [0.3, 0.4) is 0 Å². The molecule has 2 atom stereocenters. The van der Waals surface area contributed by atoms with Crippen LogP contribution in [-0.4, -0.2) is 118 Å². The average Bonchev–Trinajstić information content (AvgIpc) is 3.77. The van der Waals surface area contributed by atoms with Crippen LogP contribution < -0.4 is 20.7 Å². The van der Waals surface area contributed by atoms with Gasteiger partial charge in [0.1, 0.15) is 29.9 Å². The highest BCUT2D eigenvalue weighted by molar-refractivity contribution is 7.92. The van der Waals surface area contributed by atoms with E-state index in [2.05, 4.69) is 25.9 Å². The maximum Gasteiger partial charge on any atom is 0.320 e. The largest absolute Gasteiger partial charge is 0.490 e. The first kappa shape index (κ1) is 39.2. The lowest BCUT2D eigenvalue weighted by Crippen LogP contribution is -2.38. The molecule has 1 aliphatic heterocycles. The monoisotopic (exact) mass is 759 g/mol. The number of nitrogens with one attached hydrogen (secondary N) is 3. The molecule has 4 N–H and O–H groups in total. The van der Waals surface area contributed by atoms with Crippen molar-refractivity contribution in [3.63, 3.8) is 0 Å². The van der Waals surface area contributed by atoms with Crippen LogP contribution in [0.4, 0.5) is 11.4 Å². The summed E-state index contributed by atoms with van der Waals surface area (Å²) in [7, 11) is -3.80. The third-order valence-corrected chi connectivity index (χ3v) is 11.5. The van der Waals surface area contributed by atoms with Crippen molar-refractivity contribution >= 4 is 65.5 Å². The molecular formula is C35H45N5O10S2. The van der Waals surface area contributed by atoms with Gasteiger partial charge in [-0.2, -0.15) is 0 Å². The number of ether oxygens (including phenoxy) is 5. The normalized spacial score (nSPS) is 16.4. The van der Waals surface area contributed by atoms with Crippen molar-refractivity contribution in [2.45, 2.75) is 48.9 Å². The Morgan fingerprint density at radius 3 is 2.29 bits per heavy atom. The van der Waals surface area contributed by atoms with Gasteiger partial charge in [0.05, 0.1) is 72.2 Å². The number of carbonyl (C=O) groups is 2. The fourth-order valence-electron chi connectivity index (χ4n) is 5.34. The highest BCUT2D eigenvalue weighted by atomic mass is 32.2. The Bertz CT molecular complexity index is 1930. The van der Waals surface area contributed by atoms with Gasteiger partial charge in [-0.15, -0.1) is 11.3 Å². The zero-order chi connectivity index (χ0) is 37.1. The van der Waals surface area contributed by atoms with E-state index in [1.54, 1.807) is 62.0 Å². The SMILES string of the molecule is CC(C)(C)S(=O)(=O)c1cc2c(Nc3ccc4scnc4c3)ccnc2cc1OCCOCCOCCOCCOCC(=O)NC1CNC(C(=O)O)C1. The predicted molar refractivity (Wildman–Crippen MR) is 196 cm³/mol. The average molecular weight is 760 g/mol. The Labute approximate surface area is 306 Å². The molecular weight excluding hydrogens is 715 g/mol. The number of carboxylic acids is 1. The van der Waals surface area contributed by atoms with Crippen molar-refractivity contribution in [2.75, 3.05) is 71.3 Å². The van der Waals surface area contributed by atoms with Gasteiger partial charge in [-0.3, -0.25) is 14.6 Å². The molecule has 0 saturated carbocycles. The molecule has 4 aromatic rings. The lowest BCUT2D eigenvalue weighted by molar-refractivity contribution is -0.139. The lowest BCUT2D eigenvalue weighted by atomic mass is 10.1. The molecule has 15 nitrogen and oxygen atoms in total. The number of anilines is 2. The zero-order valence-electron chi connectivity index (χ0n) is 29.4. The Kier molecular flexibility index (Phi) is 13.7.